The van der Waals surface area contributed by atoms with E-state index in [-0.39, 0.29) is 6.04 Å². The molecule has 5 rings (SSSR count). The summed E-state index contributed by atoms with van der Waals surface area (Å²) >= 11 is 0. The first kappa shape index (κ1) is 17.4. The van der Waals surface area contributed by atoms with Crippen molar-refractivity contribution in [2.75, 3.05) is 19.1 Å². The van der Waals surface area contributed by atoms with E-state index in [2.05, 4.69) is 63.9 Å². The van der Waals surface area contributed by atoms with Gasteiger partial charge in [0.1, 0.15) is 0 Å². The molecule has 0 unspecified atom stereocenters. The fourth-order valence-corrected chi connectivity index (χ4v) is 4.15. The Balaban J connectivity index is 1.70. The Morgan fingerprint density at radius 1 is 0.966 bits per heavy atom. The molecular weight excluding hydrogens is 362 g/mol. The average molecular weight is 383 g/mol. The van der Waals surface area contributed by atoms with Gasteiger partial charge in [-0.15, -0.1) is 0 Å². The number of ether oxygens (including phenoxy) is 2. The highest BCUT2D eigenvalue weighted by atomic mass is 16.5. The summed E-state index contributed by atoms with van der Waals surface area (Å²) in [5, 5.41) is 0. The molecule has 5 heteroatoms. The van der Waals surface area contributed by atoms with Gasteiger partial charge in [0, 0.05) is 16.9 Å². The minimum Gasteiger partial charge on any atom is -0.493 e. The lowest BCUT2D eigenvalue weighted by Crippen LogP contribution is -2.21. The fraction of sp³-hybridized carbons (Fsp3) is 0.125. The number of imidazole rings is 1. The van der Waals surface area contributed by atoms with Crippen molar-refractivity contribution in [2.45, 2.75) is 6.04 Å². The number of hydrogen-bond acceptors (Lipinski definition) is 4. The number of hydrogen-bond donors (Lipinski definition) is 1. The molecule has 0 bridgehead atoms. The molecular formula is C24H21N3O2. The highest BCUT2D eigenvalue weighted by molar-refractivity contribution is 5.90. The van der Waals surface area contributed by atoms with E-state index in [1.165, 1.54) is 5.56 Å². The lowest BCUT2D eigenvalue weighted by molar-refractivity contribution is 0.354. The van der Waals surface area contributed by atoms with E-state index in [0.717, 1.165) is 33.5 Å². The molecule has 0 amide bonds. The van der Waals surface area contributed by atoms with Crippen molar-refractivity contribution in [1.82, 2.24) is 9.97 Å². The number of benzene rings is 3. The number of fused-ring (bicyclic) bond motifs is 2. The van der Waals surface area contributed by atoms with Crippen LogP contribution in [0.2, 0.25) is 0 Å². The van der Waals surface area contributed by atoms with E-state index >= 15 is 0 Å². The standard InChI is InChI=1S/C24H21N3O2/c1-15-18-6-4-5-7-19(18)24(16-8-11-22(28-2)23(12-16)29-3)27(15)17-9-10-20-21(13-17)26-14-25-20/h4-14,24H,1H2,2-3H3,(H,25,26)/t24-/m1/s1. The van der Waals surface area contributed by atoms with Crippen LogP contribution >= 0.6 is 0 Å². The van der Waals surface area contributed by atoms with E-state index in [4.69, 9.17) is 9.47 Å². The van der Waals surface area contributed by atoms with Crippen LogP contribution in [-0.2, 0) is 0 Å². The first-order chi connectivity index (χ1) is 14.2. The van der Waals surface area contributed by atoms with Gasteiger partial charge in [0.05, 0.1) is 37.6 Å². The zero-order valence-corrected chi connectivity index (χ0v) is 16.3. The molecule has 1 aliphatic rings. The Morgan fingerprint density at radius 3 is 2.62 bits per heavy atom. The lowest BCUT2D eigenvalue weighted by Gasteiger charge is -2.29. The first-order valence-corrected chi connectivity index (χ1v) is 9.43. The van der Waals surface area contributed by atoms with Crippen LogP contribution in [0.4, 0.5) is 5.69 Å². The van der Waals surface area contributed by atoms with Crippen LogP contribution < -0.4 is 14.4 Å². The van der Waals surface area contributed by atoms with Crippen molar-refractivity contribution >= 4 is 22.4 Å². The van der Waals surface area contributed by atoms with Crippen LogP contribution in [0.1, 0.15) is 22.7 Å². The fourth-order valence-electron chi connectivity index (χ4n) is 4.15. The molecule has 144 valence electrons. The molecule has 0 fully saturated rings. The van der Waals surface area contributed by atoms with Gasteiger partial charge < -0.3 is 19.4 Å². The molecule has 0 saturated heterocycles. The molecule has 1 N–H and O–H groups in total. The molecule has 0 radical (unpaired) electrons. The minimum absolute atomic E-state index is 0.0149. The zero-order valence-electron chi connectivity index (χ0n) is 16.3. The lowest BCUT2D eigenvalue weighted by atomic mass is 9.97. The maximum Gasteiger partial charge on any atom is 0.161 e. The Kier molecular flexibility index (Phi) is 4.02. The van der Waals surface area contributed by atoms with Gasteiger partial charge in [-0.2, -0.15) is 0 Å². The van der Waals surface area contributed by atoms with Gasteiger partial charge in [0.2, 0.25) is 0 Å². The third kappa shape index (κ3) is 2.66. The Labute approximate surface area is 169 Å². The van der Waals surface area contributed by atoms with Gasteiger partial charge in [0.15, 0.2) is 11.5 Å². The largest absolute Gasteiger partial charge is 0.493 e. The Morgan fingerprint density at radius 2 is 1.79 bits per heavy atom. The molecule has 0 aliphatic carbocycles. The summed E-state index contributed by atoms with van der Waals surface area (Å²) in [6, 6.07) is 20.7. The number of methoxy groups -OCH3 is 2. The van der Waals surface area contributed by atoms with E-state index in [1.807, 2.05) is 18.2 Å². The van der Waals surface area contributed by atoms with E-state index in [0.29, 0.717) is 11.5 Å². The van der Waals surface area contributed by atoms with Crippen LogP contribution in [0.3, 0.4) is 0 Å². The summed E-state index contributed by atoms with van der Waals surface area (Å²) in [6.45, 7) is 4.42. The number of aromatic amines is 1. The molecule has 3 aromatic carbocycles. The van der Waals surface area contributed by atoms with E-state index in [9.17, 15) is 0 Å². The third-order valence-electron chi connectivity index (χ3n) is 5.52. The molecule has 29 heavy (non-hydrogen) atoms. The highest BCUT2D eigenvalue weighted by Gasteiger charge is 2.35. The maximum atomic E-state index is 5.56. The van der Waals surface area contributed by atoms with Gasteiger partial charge in [-0.1, -0.05) is 36.9 Å². The quantitative estimate of drug-likeness (QED) is 0.529. The van der Waals surface area contributed by atoms with Gasteiger partial charge in [-0.3, -0.25) is 0 Å². The molecule has 0 spiro atoms. The number of rotatable bonds is 4. The van der Waals surface area contributed by atoms with E-state index in [1.54, 1.807) is 20.5 Å². The summed E-state index contributed by atoms with van der Waals surface area (Å²) in [6.07, 6.45) is 1.72. The van der Waals surface area contributed by atoms with Crippen molar-refractivity contribution in [3.05, 3.63) is 90.3 Å². The molecule has 4 aromatic rings. The van der Waals surface area contributed by atoms with Crippen LogP contribution in [0, 0.1) is 0 Å². The second-order valence-corrected chi connectivity index (χ2v) is 7.02. The number of aromatic nitrogens is 2. The number of nitrogens with zero attached hydrogens (tertiary/aromatic N) is 2. The van der Waals surface area contributed by atoms with Crippen LogP contribution in [0.25, 0.3) is 16.7 Å². The van der Waals surface area contributed by atoms with Crippen LogP contribution in [0.5, 0.6) is 11.5 Å². The first-order valence-electron chi connectivity index (χ1n) is 9.43. The number of nitrogens with one attached hydrogen (secondary N) is 1. The van der Waals surface area contributed by atoms with Crippen molar-refractivity contribution in [2.24, 2.45) is 0 Å². The maximum absolute atomic E-state index is 5.56. The molecule has 1 aliphatic heterocycles. The Hall–Kier alpha value is -3.73. The zero-order chi connectivity index (χ0) is 20.0. The van der Waals surface area contributed by atoms with Crippen LogP contribution in [0.15, 0.2) is 73.6 Å². The number of anilines is 1. The molecule has 0 saturated carbocycles. The summed E-state index contributed by atoms with van der Waals surface area (Å²) in [4.78, 5) is 9.81. The summed E-state index contributed by atoms with van der Waals surface area (Å²) in [5.41, 5.74) is 7.45. The molecule has 1 atom stereocenters. The summed E-state index contributed by atoms with van der Waals surface area (Å²) in [7, 11) is 3.31. The number of H-pyrrole nitrogens is 1. The minimum atomic E-state index is -0.0149. The highest BCUT2D eigenvalue weighted by Crippen LogP contribution is 2.48. The second-order valence-electron chi connectivity index (χ2n) is 7.02. The van der Waals surface area contributed by atoms with E-state index < -0.39 is 0 Å². The predicted molar refractivity (Wildman–Crippen MR) is 115 cm³/mol. The topological polar surface area (TPSA) is 50.4 Å². The van der Waals surface area contributed by atoms with Crippen molar-refractivity contribution < 1.29 is 9.47 Å². The summed E-state index contributed by atoms with van der Waals surface area (Å²) in [5.74, 6) is 1.43. The summed E-state index contributed by atoms with van der Waals surface area (Å²) < 4.78 is 11.0. The van der Waals surface area contributed by atoms with Gasteiger partial charge >= 0.3 is 0 Å². The van der Waals surface area contributed by atoms with Crippen molar-refractivity contribution in [3.63, 3.8) is 0 Å². The second kappa shape index (κ2) is 6.71. The monoisotopic (exact) mass is 383 g/mol. The van der Waals surface area contributed by atoms with Gasteiger partial charge in [0.25, 0.3) is 0 Å². The van der Waals surface area contributed by atoms with Gasteiger partial charge in [-0.25, -0.2) is 4.98 Å². The molecule has 5 nitrogen and oxygen atoms in total. The molecule has 1 aromatic heterocycles. The normalized spacial score (nSPS) is 15.6. The van der Waals surface area contributed by atoms with Gasteiger partial charge in [-0.05, 0) is 41.5 Å². The van der Waals surface area contributed by atoms with Crippen molar-refractivity contribution in [1.29, 1.82) is 0 Å². The van der Waals surface area contributed by atoms with Crippen LogP contribution in [-0.4, -0.2) is 24.2 Å². The average Bonchev–Trinajstić information content (AvgIpc) is 3.35. The Bertz CT molecular complexity index is 1230. The SMILES string of the molecule is C=C1c2ccccc2[C@@H](c2ccc(OC)c(OC)c2)N1c1ccc2nc[nH]c2c1. The molecule has 2 heterocycles. The third-order valence-corrected chi connectivity index (χ3v) is 5.52. The predicted octanol–water partition coefficient (Wildman–Crippen LogP) is 5.16. The smallest absolute Gasteiger partial charge is 0.161 e. The van der Waals surface area contributed by atoms with Crippen molar-refractivity contribution in [3.8, 4) is 11.5 Å².